The van der Waals surface area contributed by atoms with Gasteiger partial charge in [0, 0.05) is 18.1 Å². The third-order valence-electron chi connectivity index (χ3n) is 4.69. The molecular weight excluding hydrogens is 184 g/mol. The fraction of sp³-hybridized carbons (Fsp3) is 1.00. The summed E-state index contributed by atoms with van der Waals surface area (Å²) < 4.78 is 0. The Hall–Kier alpha value is -0.0800. The van der Waals surface area contributed by atoms with Gasteiger partial charge in [0.05, 0.1) is 0 Å². The van der Waals surface area contributed by atoms with E-state index in [-0.39, 0.29) is 5.54 Å². The van der Waals surface area contributed by atoms with Crippen molar-refractivity contribution in [3.8, 4) is 0 Å². The maximum atomic E-state index is 6.00. The van der Waals surface area contributed by atoms with Crippen LogP contribution in [0.25, 0.3) is 0 Å². The van der Waals surface area contributed by atoms with Crippen molar-refractivity contribution in [3.63, 3.8) is 0 Å². The molecule has 1 saturated heterocycles. The lowest BCUT2D eigenvalue weighted by atomic mass is 9.81. The van der Waals surface area contributed by atoms with E-state index in [1.807, 2.05) is 0 Å². The van der Waals surface area contributed by atoms with Crippen LogP contribution in [0, 0.1) is 11.8 Å². The third-order valence-corrected chi connectivity index (χ3v) is 4.69. The monoisotopic (exact) mass is 212 g/mol. The zero-order chi connectivity index (χ0) is 11.6. The van der Waals surface area contributed by atoms with Crippen molar-refractivity contribution in [2.75, 3.05) is 13.1 Å². The van der Waals surface area contributed by atoms with Crippen molar-refractivity contribution in [2.24, 2.45) is 17.6 Å². The molecule has 0 bridgehead atoms. The Morgan fingerprint density at radius 1 is 1.40 bits per heavy atom. The molecule has 0 aromatic rings. The van der Waals surface area contributed by atoms with Gasteiger partial charge in [-0.25, -0.2) is 0 Å². The first kappa shape index (κ1) is 13.0. The molecular formula is C13H28N2. The Kier molecular flexibility index (Phi) is 4.19. The molecule has 1 rings (SSSR count). The Bertz CT molecular complexity index is 203. The van der Waals surface area contributed by atoms with Crippen molar-refractivity contribution in [2.45, 2.75) is 59.0 Å². The van der Waals surface area contributed by atoms with Crippen LogP contribution in [0.4, 0.5) is 0 Å². The van der Waals surface area contributed by atoms with Gasteiger partial charge in [0.1, 0.15) is 0 Å². The quantitative estimate of drug-likeness (QED) is 0.779. The molecule has 2 N–H and O–H groups in total. The van der Waals surface area contributed by atoms with E-state index < -0.39 is 0 Å². The molecule has 2 heteroatoms. The topological polar surface area (TPSA) is 29.3 Å². The standard InChI is InChI=1S/C13H28N2/c1-10(2)13(5,9-14)15-8-6-7-11(3)12(15)4/h10-12H,6-9,14H2,1-5H3. The summed E-state index contributed by atoms with van der Waals surface area (Å²) in [6.45, 7) is 13.6. The predicted octanol–water partition coefficient (Wildman–Crippen LogP) is 2.48. The molecule has 15 heavy (non-hydrogen) atoms. The van der Waals surface area contributed by atoms with Crippen molar-refractivity contribution >= 4 is 0 Å². The van der Waals surface area contributed by atoms with E-state index in [0.29, 0.717) is 12.0 Å². The number of nitrogens with zero attached hydrogens (tertiary/aromatic N) is 1. The van der Waals surface area contributed by atoms with Crippen LogP contribution in [0.15, 0.2) is 0 Å². The Morgan fingerprint density at radius 2 is 2.00 bits per heavy atom. The summed E-state index contributed by atoms with van der Waals surface area (Å²) in [4.78, 5) is 2.64. The lowest BCUT2D eigenvalue weighted by Gasteiger charge is -2.51. The second-order valence-corrected chi connectivity index (χ2v) is 5.77. The van der Waals surface area contributed by atoms with Gasteiger partial charge in [0.15, 0.2) is 0 Å². The molecule has 0 aromatic carbocycles. The van der Waals surface area contributed by atoms with Crippen molar-refractivity contribution in [1.29, 1.82) is 0 Å². The van der Waals surface area contributed by atoms with E-state index in [1.165, 1.54) is 19.4 Å². The van der Waals surface area contributed by atoms with Gasteiger partial charge in [-0.05, 0) is 45.1 Å². The molecule has 0 spiro atoms. The summed E-state index contributed by atoms with van der Waals surface area (Å²) in [5.41, 5.74) is 6.18. The number of hydrogen-bond donors (Lipinski definition) is 1. The molecule has 3 unspecified atom stereocenters. The maximum absolute atomic E-state index is 6.00. The minimum Gasteiger partial charge on any atom is -0.329 e. The molecule has 0 radical (unpaired) electrons. The molecule has 0 aliphatic carbocycles. The molecule has 90 valence electrons. The number of likely N-dealkylation sites (tertiary alicyclic amines) is 1. The zero-order valence-electron chi connectivity index (χ0n) is 11.1. The van der Waals surface area contributed by atoms with E-state index >= 15 is 0 Å². The molecule has 1 heterocycles. The van der Waals surface area contributed by atoms with Gasteiger partial charge in [-0.2, -0.15) is 0 Å². The maximum Gasteiger partial charge on any atom is 0.0329 e. The third kappa shape index (κ3) is 2.36. The van der Waals surface area contributed by atoms with Crippen LogP contribution in [0.2, 0.25) is 0 Å². The van der Waals surface area contributed by atoms with E-state index in [2.05, 4.69) is 39.5 Å². The first-order valence-electron chi connectivity index (χ1n) is 6.40. The summed E-state index contributed by atoms with van der Waals surface area (Å²) in [5, 5.41) is 0. The summed E-state index contributed by atoms with van der Waals surface area (Å²) in [6.07, 6.45) is 2.70. The average Bonchev–Trinajstić information content (AvgIpc) is 2.20. The molecule has 0 saturated carbocycles. The molecule has 3 atom stereocenters. The highest BCUT2D eigenvalue weighted by molar-refractivity contribution is 4.95. The first-order chi connectivity index (χ1) is 6.93. The van der Waals surface area contributed by atoms with Crippen LogP contribution in [-0.2, 0) is 0 Å². The predicted molar refractivity (Wildman–Crippen MR) is 66.9 cm³/mol. The van der Waals surface area contributed by atoms with E-state index in [1.54, 1.807) is 0 Å². The lowest BCUT2D eigenvalue weighted by molar-refractivity contribution is -0.0116. The first-order valence-corrected chi connectivity index (χ1v) is 6.40. The second-order valence-electron chi connectivity index (χ2n) is 5.77. The number of hydrogen-bond acceptors (Lipinski definition) is 2. The van der Waals surface area contributed by atoms with E-state index in [4.69, 9.17) is 5.73 Å². The number of rotatable bonds is 3. The van der Waals surface area contributed by atoms with Crippen LogP contribution < -0.4 is 5.73 Å². The Balaban J connectivity index is 2.83. The van der Waals surface area contributed by atoms with Gasteiger partial charge in [-0.3, -0.25) is 4.90 Å². The minimum atomic E-state index is 0.175. The highest BCUT2D eigenvalue weighted by Gasteiger charge is 2.39. The van der Waals surface area contributed by atoms with Crippen molar-refractivity contribution in [3.05, 3.63) is 0 Å². The van der Waals surface area contributed by atoms with Crippen LogP contribution >= 0.6 is 0 Å². The summed E-state index contributed by atoms with van der Waals surface area (Å²) in [5.74, 6) is 1.43. The number of piperidine rings is 1. The fourth-order valence-electron chi connectivity index (χ4n) is 2.74. The van der Waals surface area contributed by atoms with Crippen LogP contribution in [0.5, 0.6) is 0 Å². The SMILES string of the molecule is CC1CCCN(C(C)(CN)C(C)C)C1C. The van der Waals surface area contributed by atoms with Crippen molar-refractivity contribution in [1.82, 2.24) is 4.90 Å². The van der Waals surface area contributed by atoms with Gasteiger partial charge in [0.2, 0.25) is 0 Å². The number of nitrogens with two attached hydrogens (primary N) is 1. The van der Waals surface area contributed by atoms with Gasteiger partial charge < -0.3 is 5.73 Å². The highest BCUT2D eigenvalue weighted by Crippen LogP contribution is 2.33. The zero-order valence-corrected chi connectivity index (χ0v) is 11.1. The normalized spacial score (nSPS) is 33.0. The van der Waals surface area contributed by atoms with Gasteiger partial charge in [-0.1, -0.05) is 20.8 Å². The molecule has 1 aliphatic heterocycles. The van der Waals surface area contributed by atoms with Crippen LogP contribution in [0.3, 0.4) is 0 Å². The molecule has 2 nitrogen and oxygen atoms in total. The molecule has 0 amide bonds. The smallest absolute Gasteiger partial charge is 0.0329 e. The van der Waals surface area contributed by atoms with Gasteiger partial charge in [-0.15, -0.1) is 0 Å². The Labute approximate surface area is 95.2 Å². The van der Waals surface area contributed by atoms with Gasteiger partial charge >= 0.3 is 0 Å². The average molecular weight is 212 g/mol. The van der Waals surface area contributed by atoms with E-state index in [0.717, 1.165) is 12.5 Å². The minimum absolute atomic E-state index is 0.175. The van der Waals surface area contributed by atoms with Gasteiger partial charge in [0.25, 0.3) is 0 Å². The second kappa shape index (κ2) is 4.84. The van der Waals surface area contributed by atoms with Crippen LogP contribution in [-0.4, -0.2) is 29.6 Å². The van der Waals surface area contributed by atoms with E-state index in [9.17, 15) is 0 Å². The fourth-order valence-corrected chi connectivity index (χ4v) is 2.74. The molecule has 1 fully saturated rings. The summed E-state index contributed by atoms with van der Waals surface area (Å²) in [6, 6.07) is 0.676. The summed E-state index contributed by atoms with van der Waals surface area (Å²) >= 11 is 0. The van der Waals surface area contributed by atoms with Crippen molar-refractivity contribution < 1.29 is 0 Å². The summed E-state index contributed by atoms with van der Waals surface area (Å²) in [7, 11) is 0. The molecule has 0 aromatic heterocycles. The Morgan fingerprint density at radius 3 is 2.47 bits per heavy atom. The largest absolute Gasteiger partial charge is 0.329 e. The lowest BCUT2D eigenvalue weighted by Crippen LogP contribution is -2.61. The highest BCUT2D eigenvalue weighted by atomic mass is 15.2. The molecule has 1 aliphatic rings. The van der Waals surface area contributed by atoms with Crippen LogP contribution in [0.1, 0.15) is 47.5 Å².